The predicted octanol–water partition coefficient (Wildman–Crippen LogP) is 12.2. The van der Waals surface area contributed by atoms with Gasteiger partial charge in [-0.15, -0.1) is 0 Å². The number of rotatable bonds is 43. The van der Waals surface area contributed by atoms with Crippen LogP contribution in [0.15, 0.2) is 24.3 Å². The minimum Gasteiger partial charge on any atom is -0.480 e. The number of carboxylic acid groups (broad SMARTS) is 1. The highest BCUT2D eigenvalue weighted by molar-refractivity contribution is 7.47. The number of allylic oxidation sites excluding steroid dienone is 4. The summed E-state index contributed by atoms with van der Waals surface area (Å²) in [5.74, 6) is -2.39. The molecule has 12 heteroatoms. The summed E-state index contributed by atoms with van der Waals surface area (Å²) in [5.41, 5.74) is 5.34. The molecule has 1 unspecified atom stereocenters. The van der Waals surface area contributed by atoms with Crippen molar-refractivity contribution in [1.82, 2.24) is 0 Å². The van der Waals surface area contributed by atoms with Gasteiger partial charge in [0.1, 0.15) is 12.6 Å². The van der Waals surface area contributed by atoms with Crippen LogP contribution in [-0.4, -0.2) is 59.9 Å². The Morgan fingerprint density at radius 2 is 0.877 bits per heavy atom. The third-order valence-electron chi connectivity index (χ3n) is 9.92. The normalized spacial score (nSPS) is 13.9. The summed E-state index contributed by atoms with van der Waals surface area (Å²) in [4.78, 5) is 46.0. The molecule has 0 saturated carbocycles. The number of esters is 2. The van der Waals surface area contributed by atoms with Crippen molar-refractivity contribution in [2.75, 3.05) is 19.8 Å². The fourth-order valence-electron chi connectivity index (χ4n) is 6.29. The zero-order valence-corrected chi connectivity index (χ0v) is 37.1. The molecule has 334 valence electrons. The molecule has 0 rings (SSSR count). The Hall–Kier alpha value is -2.04. The smallest absolute Gasteiger partial charge is 0.472 e. The number of hydrogen-bond donors (Lipinski definition) is 3. The second-order valence-electron chi connectivity index (χ2n) is 15.5. The zero-order valence-electron chi connectivity index (χ0n) is 36.2. The summed E-state index contributed by atoms with van der Waals surface area (Å²) >= 11 is 0. The molecule has 0 spiro atoms. The number of phosphoric acid groups is 1. The van der Waals surface area contributed by atoms with Crippen LogP contribution in [0, 0.1) is 0 Å². The lowest BCUT2D eigenvalue weighted by Gasteiger charge is -2.20. The molecule has 0 amide bonds. The van der Waals surface area contributed by atoms with Crippen LogP contribution in [0.2, 0.25) is 0 Å². The fourth-order valence-corrected chi connectivity index (χ4v) is 7.07. The van der Waals surface area contributed by atoms with Crippen molar-refractivity contribution in [3.63, 3.8) is 0 Å². The molecule has 0 aliphatic rings. The van der Waals surface area contributed by atoms with Gasteiger partial charge in [0.25, 0.3) is 0 Å². The van der Waals surface area contributed by atoms with Gasteiger partial charge >= 0.3 is 25.7 Å². The number of phosphoric ester groups is 1. The van der Waals surface area contributed by atoms with Crippen LogP contribution < -0.4 is 5.73 Å². The number of ether oxygens (including phenoxy) is 2. The molecule has 3 atom stereocenters. The molecule has 0 aromatic heterocycles. The van der Waals surface area contributed by atoms with Crippen LogP contribution in [0.1, 0.15) is 213 Å². The highest BCUT2D eigenvalue weighted by Crippen LogP contribution is 2.43. The van der Waals surface area contributed by atoms with Crippen LogP contribution in [0.25, 0.3) is 0 Å². The van der Waals surface area contributed by atoms with E-state index in [4.69, 9.17) is 24.8 Å². The van der Waals surface area contributed by atoms with Crippen molar-refractivity contribution in [3.05, 3.63) is 24.3 Å². The van der Waals surface area contributed by atoms with Crippen molar-refractivity contribution < 1.29 is 47.5 Å². The third kappa shape index (κ3) is 40.5. The monoisotopic (exact) mass is 830 g/mol. The summed E-state index contributed by atoms with van der Waals surface area (Å²) in [6.07, 6.45) is 42.4. The average Bonchev–Trinajstić information content (AvgIpc) is 3.19. The maximum Gasteiger partial charge on any atom is 0.472 e. The average molecular weight is 830 g/mol. The van der Waals surface area contributed by atoms with E-state index < -0.39 is 51.1 Å². The number of unbranched alkanes of at least 4 members (excludes halogenated alkanes) is 25. The number of carboxylic acids is 1. The highest BCUT2D eigenvalue weighted by atomic mass is 31.2. The van der Waals surface area contributed by atoms with E-state index in [1.54, 1.807) is 0 Å². The third-order valence-corrected chi connectivity index (χ3v) is 10.9. The standard InChI is InChI=1S/C45H84NO10P/c1-3-5-7-9-11-13-15-17-19-20-21-22-23-25-27-29-31-33-35-37-44(48)56-41(39-54-57(51,52)55-40-42(46)45(49)50)38-53-43(47)36-34-32-30-28-26-24-18-16-14-12-10-8-6-4-2/h16,18,20-21,41-42H,3-15,17,19,22-40,46H2,1-2H3,(H,49,50)(H,51,52)/b18-16-,21-20-/t41-,42+/m1/s1. The molecule has 0 saturated heterocycles. The van der Waals surface area contributed by atoms with E-state index in [9.17, 15) is 23.8 Å². The molecular weight excluding hydrogens is 745 g/mol. The Morgan fingerprint density at radius 1 is 0.526 bits per heavy atom. The Bertz CT molecular complexity index is 1070. The summed E-state index contributed by atoms with van der Waals surface area (Å²) < 4.78 is 32.7. The molecule has 0 aromatic carbocycles. The van der Waals surface area contributed by atoms with Crippen LogP contribution in [0.5, 0.6) is 0 Å². The van der Waals surface area contributed by atoms with Gasteiger partial charge in [-0.2, -0.15) is 0 Å². The number of nitrogens with two attached hydrogens (primary N) is 1. The number of carbonyl (C=O) groups is 3. The largest absolute Gasteiger partial charge is 0.480 e. The maximum absolute atomic E-state index is 12.6. The van der Waals surface area contributed by atoms with Crippen molar-refractivity contribution in [2.24, 2.45) is 5.73 Å². The maximum atomic E-state index is 12.6. The molecule has 0 aliphatic carbocycles. The molecule has 0 fully saturated rings. The topological polar surface area (TPSA) is 172 Å². The van der Waals surface area contributed by atoms with Gasteiger partial charge in [0, 0.05) is 12.8 Å². The van der Waals surface area contributed by atoms with Gasteiger partial charge in [-0.3, -0.25) is 23.4 Å². The number of hydrogen-bond acceptors (Lipinski definition) is 9. The SMILES string of the molecule is CCCCCCC/C=C\CCCCCCCC(=O)OC[C@H](COP(=O)(O)OC[C@H](N)C(=O)O)OC(=O)CCCCCCCCC/C=C\CCCCCCCCCC. The molecule has 0 heterocycles. The first-order valence-electron chi connectivity index (χ1n) is 22.9. The van der Waals surface area contributed by atoms with Gasteiger partial charge in [-0.25, -0.2) is 4.57 Å². The van der Waals surface area contributed by atoms with Gasteiger partial charge < -0.3 is 25.2 Å². The quantitative estimate of drug-likeness (QED) is 0.0231. The van der Waals surface area contributed by atoms with Gasteiger partial charge in [-0.05, 0) is 64.2 Å². The van der Waals surface area contributed by atoms with Crippen molar-refractivity contribution >= 4 is 25.7 Å². The Kier molecular flexibility index (Phi) is 39.3. The minimum atomic E-state index is -4.72. The van der Waals surface area contributed by atoms with E-state index in [0.29, 0.717) is 12.8 Å². The Morgan fingerprint density at radius 3 is 1.28 bits per heavy atom. The predicted molar refractivity (Wildman–Crippen MR) is 231 cm³/mol. The minimum absolute atomic E-state index is 0.156. The molecular formula is C45H84NO10P. The summed E-state index contributed by atoms with van der Waals surface area (Å²) in [7, 11) is -4.72. The van der Waals surface area contributed by atoms with E-state index in [-0.39, 0.29) is 19.4 Å². The van der Waals surface area contributed by atoms with E-state index >= 15 is 0 Å². The van der Waals surface area contributed by atoms with Gasteiger partial charge in [0.15, 0.2) is 6.10 Å². The first-order chi connectivity index (χ1) is 27.6. The van der Waals surface area contributed by atoms with Crippen LogP contribution >= 0.6 is 7.82 Å². The lowest BCUT2D eigenvalue weighted by atomic mass is 10.1. The molecule has 0 aromatic rings. The van der Waals surface area contributed by atoms with Gasteiger partial charge in [-0.1, -0.05) is 160 Å². The summed E-state index contributed by atoms with van der Waals surface area (Å²) in [6, 6.07) is -1.52. The van der Waals surface area contributed by atoms with E-state index in [2.05, 4.69) is 42.7 Å². The summed E-state index contributed by atoms with van der Waals surface area (Å²) in [5, 5.41) is 8.89. The van der Waals surface area contributed by atoms with Crippen LogP contribution in [0.4, 0.5) is 0 Å². The molecule has 11 nitrogen and oxygen atoms in total. The highest BCUT2D eigenvalue weighted by Gasteiger charge is 2.28. The summed E-state index contributed by atoms with van der Waals surface area (Å²) in [6.45, 7) is 2.80. The lowest BCUT2D eigenvalue weighted by Crippen LogP contribution is -2.34. The zero-order chi connectivity index (χ0) is 42.1. The van der Waals surface area contributed by atoms with Crippen molar-refractivity contribution in [1.29, 1.82) is 0 Å². The van der Waals surface area contributed by atoms with E-state index in [1.807, 2.05) is 0 Å². The van der Waals surface area contributed by atoms with Crippen LogP contribution in [0.3, 0.4) is 0 Å². The molecule has 0 radical (unpaired) electrons. The molecule has 4 N–H and O–H groups in total. The lowest BCUT2D eigenvalue weighted by molar-refractivity contribution is -0.161. The first-order valence-corrected chi connectivity index (χ1v) is 24.4. The first kappa shape index (κ1) is 55.0. The Balaban J connectivity index is 4.32. The second kappa shape index (κ2) is 40.7. The van der Waals surface area contributed by atoms with Crippen molar-refractivity contribution in [3.8, 4) is 0 Å². The number of carbonyl (C=O) groups excluding carboxylic acids is 2. The van der Waals surface area contributed by atoms with E-state index in [0.717, 1.165) is 64.2 Å². The molecule has 0 aliphatic heterocycles. The van der Waals surface area contributed by atoms with Gasteiger partial charge in [0.05, 0.1) is 13.2 Å². The fraction of sp³-hybridized carbons (Fsp3) is 0.844. The van der Waals surface area contributed by atoms with Crippen molar-refractivity contribution in [2.45, 2.75) is 225 Å². The molecule has 57 heavy (non-hydrogen) atoms. The van der Waals surface area contributed by atoms with Crippen LogP contribution in [-0.2, 0) is 37.5 Å². The van der Waals surface area contributed by atoms with E-state index in [1.165, 1.54) is 109 Å². The Labute approximate surface area is 347 Å². The molecule has 0 bridgehead atoms. The second-order valence-corrected chi connectivity index (χ2v) is 17.0. The van der Waals surface area contributed by atoms with Gasteiger partial charge in [0.2, 0.25) is 0 Å². The number of aliphatic carboxylic acids is 1.